The van der Waals surface area contributed by atoms with E-state index in [9.17, 15) is 9.59 Å². The van der Waals surface area contributed by atoms with Gasteiger partial charge in [0.15, 0.2) is 0 Å². The normalized spacial score (nSPS) is 9.92. The highest BCUT2D eigenvalue weighted by atomic mass is 32.1. The molecule has 1 aromatic heterocycles. The van der Waals surface area contributed by atoms with E-state index in [0.717, 1.165) is 4.57 Å². The Kier molecular flexibility index (Phi) is 2.62. The first-order chi connectivity index (χ1) is 6.02. The van der Waals surface area contributed by atoms with Crippen LogP contribution in [0.25, 0.3) is 0 Å². The van der Waals surface area contributed by atoms with Crippen LogP contribution in [-0.2, 0) is 13.6 Å². The van der Waals surface area contributed by atoms with Crippen LogP contribution in [-0.4, -0.2) is 14.1 Å². The van der Waals surface area contributed by atoms with Crippen LogP contribution < -0.4 is 17.0 Å². The molecule has 1 aromatic rings. The van der Waals surface area contributed by atoms with Crippen molar-refractivity contribution in [3.05, 3.63) is 33.1 Å². The van der Waals surface area contributed by atoms with Crippen LogP contribution >= 0.6 is 12.2 Å². The fourth-order valence-electron chi connectivity index (χ4n) is 0.915. The Morgan fingerprint density at radius 1 is 1.62 bits per heavy atom. The minimum absolute atomic E-state index is 0.0122. The van der Waals surface area contributed by atoms with Crippen LogP contribution in [0.4, 0.5) is 0 Å². The molecule has 0 fully saturated rings. The maximum Gasteiger partial charge on any atom is 0.331 e. The molecule has 13 heavy (non-hydrogen) atoms. The van der Waals surface area contributed by atoms with Gasteiger partial charge in [0, 0.05) is 19.3 Å². The fourth-order valence-corrected chi connectivity index (χ4v) is 1.04. The zero-order valence-electron chi connectivity index (χ0n) is 7.06. The molecular formula is C7H9N3O2S. The van der Waals surface area contributed by atoms with Gasteiger partial charge in [0.2, 0.25) is 0 Å². The van der Waals surface area contributed by atoms with Gasteiger partial charge in [-0.05, 0) is 0 Å². The van der Waals surface area contributed by atoms with Gasteiger partial charge in [-0.1, -0.05) is 12.2 Å². The predicted octanol–water partition coefficient (Wildman–Crippen LogP) is -1.17. The first-order valence-electron chi connectivity index (χ1n) is 3.57. The quantitative estimate of drug-likeness (QED) is 0.609. The van der Waals surface area contributed by atoms with Crippen molar-refractivity contribution in [2.75, 3.05) is 0 Å². The molecule has 0 spiro atoms. The second-order valence-electron chi connectivity index (χ2n) is 2.60. The van der Waals surface area contributed by atoms with Gasteiger partial charge in [-0.15, -0.1) is 0 Å². The van der Waals surface area contributed by atoms with Gasteiger partial charge < -0.3 is 10.3 Å². The molecule has 0 bridgehead atoms. The van der Waals surface area contributed by atoms with Crippen molar-refractivity contribution in [2.45, 2.75) is 6.54 Å². The van der Waals surface area contributed by atoms with Crippen LogP contribution in [0.2, 0.25) is 0 Å². The summed E-state index contributed by atoms with van der Waals surface area (Å²) in [4.78, 5) is 22.6. The number of rotatable bonds is 2. The Labute approximate surface area is 79.4 Å². The van der Waals surface area contributed by atoms with Crippen LogP contribution in [0.1, 0.15) is 0 Å². The molecule has 5 nitrogen and oxygen atoms in total. The van der Waals surface area contributed by atoms with Gasteiger partial charge in [-0.25, -0.2) is 4.79 Å². The van der Waals surface area contributed by atoms with Crippen LogP contribution in [0, 0.1) is 0 Å². The van der Waals surface area contributed by atoms with Crippen molar-refractivity contribution < 1.29 is 0 Å². The highest BCUT2D eigenvalue weighted by molar-refractivity contribution is 7.80. The molecule has 0 unspecified atom stereocenters. The Morgan fingerprint density at radius 3 is 2.77 bits per heavy atom. The van der Waals surface area contributed by atoms with Gasteiger partial charge >= 0.3 is 5.69 Å². The molecule has 0 aliphatic heterocycles. The van der Waals surface area contributed by atoms with Crippen LogP contribution in [0.5, 0.6) is 0 Å². The average molecular weight is 199 g/mol. The van der Waals surface area contributed by atoms with Crippen molar-refractivity contribution in [3.63, 3.8) is 0 Å². The topological polar surface area (TPSA) is 70.0 Å². The summed E-state index contributed by atoms with van der Waals surface area (Å²) >= 11 is 4.61. The van der Waals surface area contributed by atoms with Gasteiger partial charge in [-0.2, -0.15) is 0 Å². The van der Waals surface area contributed by atoms with Crippen molar-refractivity contribution >= 4 is 17.2 Å². The summed E-state index contributed by atoms with van der Waals surface area (Å²) in [5.41, 5.74) is 4.43. The van der Waals surface area contributed by atoms with E-state index in [1.165, 1.54) is 16.8 Å². The van der Waals surface area contributed by atoms with Crippen molar-refractivity contribution in [1.29, 1.82) is 0 Å². The van der Waals surface area contributed by atoms with Crippen molar-refractivity contribution in [1.82, 2.24) is 9.13 Å². The fraction of sp³-hybridized carbons (Fsp3) is 0.286. The lowest BCUT2D eigenvalue weighted by molar-refractivity contribution is 0.663. The summed E-state index contributed by atoms with van der Waals surface area (Å²) < 4.78 is 2.28. The number of hydrogen-bond acceptors (Lipinski definition) is 3. The van der Waals surface area contributed by atoms with E-state index in [2.05, 4.69) is 12.2 Å². The number of aryl methyl sites for hydroxylation is 1. The Bertz CT molecular complexity index is 446. The molecule has 0 saturated heterocycles. The zero-order chi connectivity index (χ0) is 10.0. The minimum Gasteiger partial charge on any atom is -0.392 e. The van der Waals surface area contributed by atoms with E-state index in [1.807, 2.05) is 0 Å². The molecule has 0 aliphatic rings. The number of thiocarbonyl (C=S) groups is 1. The number of nitrogens with two attached hydrogens (primary N) is 1. The molecule has 0 atom stereocenters. The van der Waals surface area contributed by atoms with E-state index < -0.39 is 11.2 Å². The number of aromatic nitrogens is 2. The molecule has 0 amide bonds. The molecule has 0 radical (unpaired) electrons. The highest BCUT2D eigenvalue weighted by Gasteiger charge is 2.02. The molecular weight excluding hydrogens is 190 g/mol. The molecule has 6 heteroatoms. The molecule has 0 aliphatic carbocycles. The first-order valence-corrected chi connectivity index (χ1v) is 3.98. The third-order valence-corrected chi connectivity index (χ3v) is 1.68. The van der Waals surface area contributed by atoms with Crippen LogP contribution in [0.15, 0.2) is 21.9 Å². The third-order valence-electron chi connectivity index (χ3n) is 1.55. The number of hydrogen-bond donors (Lipinski definition) is 1. The summed E-state index contributed by atoms with van der Waals surface area (Å²) in [6.45, 7) is -0.0122. The van der Waals surface area contributed by atoms with Gasteiger partial charge in [0.25, 0.3) is 5.56 Å². The molecule has 70 valence electrons. The lowest BCUT2D eigenvalue weighted by atomic mass is 10.5. The second kappa shape index (κ2) is 3.53. The highest BCUT2D eigenvalue weighted by Crippen LogP contribution is 1.75. The summed E-state index contributed by atoms with van der Waals surface area (Å²) in [7, 11) is 1.55. The first kappa shape index (κ1) is 9.66. The van der Waals surface area contributed by atoms with E-state index in [4.69, 9.17) is 5.73 Å². The Morgan fingerprint density at radius 2 is 2.23 bits per heavy atom. The molecule has 0 aromatic carbocycles. The SMILES string of the molecule is Cn1ccc(=O)n(CC(N)=S)c1=O. The minimum atomic E-state index is -0.416. The predicted molar refractivity (Wildman–Crippen MR) is 52.7 cm³/mol. The summed E-state index contributed by atoms with van der Waals surface area (Å²) in [6, 6.07) is 1.29. The molecule has 0 saturated carbocycles. The van der Waals surface area contributed by atoms with E-state index in [1.54, 1.807) is 7.05 Å². The maximum absolute atomic E-state index is 11.3. The van der Waals surface area contributed by atoms with Crippen LogP contribution in [0.3, 0.4) is 0 Å². The largest absolute Gasteiger partial charge is 0.392 e. The lowest BCUT2D eigenvalue weighted by Gasteiger charge is -2.03. The third kappa shape index (κ3) is 2.03. The molecule has 1 heterocycles. The Balaban J connectivity index is 3.35. The maximum atomic E-state index is 11.3. The smallest absolute Gasteiger partial charge is 0.331 e. The summed E-state index contributed by atoms with van der Waals surface area (Å²) in [5, 5.41) is 0. The summed E-state index contributed by atoms with van der Waals surface area (Å²) in [5.74, 6) is 0. The van der Waals surface area contributed by atoms with Crippen molar-refractivity contribution in [3.8, 4) is 0 Å². The summed E-state index contributed by atoms with van der Waals surface area (Å²) in [6.07, 6.45) is 1.40. The molecule has 2 N–H and O–H groups in total. The lowest BCUT2D eigenvalue weighted by Crippen LogP contribution is -2.40. The van der Waals surface area contributed by atoms with Gasteiger partial charge in [0.1, 0.15) is 0 Å². The molecule has 1 rings (SSSR count). The van der Waals surface area contributed by atoms with Crippen molar-refractivity contribution in [2.24, 2.45) is 12.8 Å². The average Bonchev–Trinajstić information content (AvgIpc) is 2.05. The van der Waals surface area contributed by atoms with E-state index in [0.29, 0.717) is 0 Å². The van der Waals surface area contributed by atoms with Gasteiger partial charge in [-0.3, -0.25) is 9.36 Å². The zero-order valence-corrected chi connectivity index (χ0v) is 7.87. The van der Waals surface area contributed by atoms with Gasteiger partial charge in [0.05, 0.1) is 11.5 Å². The Hall–Kier alpha value is -1.43. The monoisotopic (exact) mass is 199 g/mol. The van der Waals surface area contributed by atoms with E-state index in [-0.39, 0.29) is 11.5 Å². The standard InChI is InChI=1S/C7H9N3O2S/c1-9-3-2-6(11)10(7(9)12)4-5(8)13/h2-3H,4H2,1H3,(H2,8,13). The van der Waals surface area contributed by atoms with E-state index >= 15 is 0 Å². The second-order valence-corrected chi connectivity index (χ2v) is 3.12. The number of nitrogens with zero attached hydrogens (tertiary/aromatic N) is 2.